The molecule has 32 heavy (non-hydrogen) atoms. The smallest absolute Gasteiger partial charge is 0.338 e. The Morgan fingerprint density at radius 3 is 2.50 bits per heavy atom. The number of rotatable bonds is 5. The minimum absolute atomic E-state index is 0.202. The summed E-state index contributed by atoms with van der Waals surface area (Å²) in [7, 11) is 1.61. The number of nitrogens with zero attached hydrogens (tertiary/aromatic N) is 2. The molecular formula is C24H21BrN2O4S. The Morgan fingerprint density at radius 1 is 1.19 bits per heavy atom. The summed E-state index contributed by atoms with van der Waals surface area (Å²) in [6.07, 6.45) is 1.82. The molecule has 0 N–H and O–H groups in total. The molecule has 164 valence electrons. The zero-order valence-electron chi connectivity index (χ0n) is 17.8. The number of hydrogen-bond acceptors (Lipinski definition) is 6. The Balaban J connectivity index is 1.92. The Bertz CT molecular complexity index is 1370. The summed E-state index contributed by atoms with van der Waals surface area (Å²) in [4.78, 5) is 31.5. The number of methoxy groups -OCH3 is 1. The van der Waals surface area contributed by atoms with Crippen molar-refractivity contribution in [2.24, 2.45) is 4.99 Å². The van der Waals surface area contributed by atoms with Crippen molar-refractivity contribution >= 4 is 39.3 Å². The molecule has 0 radical (unpaired) electrons. The first kappa shape index (κ1) is 22.2. The topological polar surface area (TPSA) is 69.9 Å². The van der Waals surface area contributed by atoms with Crippen LogP contribution in [0.15, 0.2) is 74.1 Å². The summed E-state index contributed by atoms with van der Waals surface area (Å²) < 4.78 is 13.5. The number of esters is 1. The van der Waals surface area contributed by atoms with Crippen LogP contribution in [0.2, 0.25) is 0 Å². The first-order valence-electron chi connectivity index (χ1n) is 10.0. The van der Waals surface area contributed by atoms with Gasteiger partial charge in [0.05, 0.1) is 35.6 Å². The molecular weight excluding hydrogens is 492 g/mol. The van der Waals surface area contributed by atoms with Gasteiger partial charge in [0, 0.05) is 4.47 Å². The van der Waals surface area contributed by atoms with Crippen molar-refractivity contribution in [1.82, 2.24) is 4.57 Å². The lowest BCUT2D eigenvalue weighted by Gasteiger charge is -2.24. The molecule has 0 aliphatic carbocycles. The second kappa shape index (κ2) is 9.26. The number of fused-ring (bicyclic) bond motifs is 1. The Labute approximate surface area is 197 Å². The average Bonchev–Trinajstić information content (AvgIpc) is 3.08. The molecule has 1 atom stereocenters. The van der Waals surface area contributed by atoms with E-state index in [0.717, 1.165) is 21.3 Å². The molecule has 3 aromatic rings. The van der Waals surface area contributed by atoms with Crippen LogP contribution < -0.4 is 19.6 Å². The maximum absolute atomic E-state index is 13.5. The van der Waals surface area contributed by atoms with Crippen LogP contribution in [-0.2, 0) is 9.53 Å². The van der Waals surface area contributed by atoms with E-state index in [9.17, 15) is 9.59 Å². The quantitative estimate of drug-likeness (QED) is 0.490. The fourth-order valence-corrected chi connectivity index (χ4v) is 4.91. The summed E-state index contributed by atoms with van der Waals surface area (Å²) >= 11 is 4.75. The zero-order chi connectivity index (χ0) is 22.8. The molecule has 0 spiro atoms. The number of halogens is 1. The van der Waals surface area contributed by atoms with E-state index in [4.69, 9.17) is 9.47 Å². The van der Waals surface area contributed by atoms with Crippen LogP contribution >= 0.6 is 27.3 Å². The van der Waals surface area contributed by atoms with Gasteiger partial charge in [0.25, 0.3) is 5.56 Å². The summed E-state index contributed by atoms with van der Waals surface area (Å²) in [6, 6.07) is 14.4. The van der Waals surface area contributed by atoms with Crippen molar-refractivity contribution in [3.63, 3.8) is 0 Å². The second-order valence-corrected chi connectivity index (χ2v) is 9.05. The Kier molecular flexibility index (Phi) is 6.43. The third-order valence-corrected chi connectivity index (χ3v) is 6.63. The van der Waals surface area contributed by atoms with Crippen molar-refractivity contribution in [2.75, 3.05) is 13.7 Å². The molecule has 1 aliphatic heterocycles. The maximum atomic E-state index is 13.5. The number of benzene rings is 2. The van der Waals surface area contributed by atoms with Gasteiger partial charge in [-0.2, -0.15) is 0 Å². The lowest BCUT2D eigenvalue weighted by molar-refractivity contribution is -0.139. The number of aromatic nitrogens is 1. The monoisotopic (exact) mass is 512 g/mol. The number of allylic oxidation sites excluding steroid dienone is 1. The summed E-state index contributed by atoms with van der Waals surface area (Å²) in [6.45, 7) is 3.77. The standard InChI is InChI=1S/C24H21BrN2O4S/c1-4-31-23(29)20-14(2)26-24-27(21(20)16-7-9-17(25)10-8-16)22(28)19(32-24)13-15-5-11-18(30-3)12-6-15/h5-13,21H,4H2,1-3H3/b19-13-/t21-/m0/s1. The van der Waals surface area contributed by atoms with Gasteiger partial charge in [-0.25, -0.2) is 9.79 Å². The number of hydrogen-bond donors (Lipinski definition) is 0. The minimum Gasteiger partial charge on any atom is -0.497 e. The Hall–Kier alpha value is -2.97. The lowest BCUT2D eigenvalue weighted by atomic mass is 9.96. The third-order valence-electron chi connectivity index (χ3n) is 5.12. The van der Waals surface area contributed by atoms with E-state index in [-0.39, 0.29) is 12.2 Å². The van der Waals surface area contributed by atoms with Gasteiger partial charge in [0.15, 0.2) is 4.80 Å². The molecule has 1 aliphatic rings. The van der Waals surface area contributed by atoms with Gasteiger partial charge in [0.2, 0.25) is 0 Å². The largest absolute Gasteiger partial charge is 0.497 e. The molecule has 2 aromatic carbocycles. The van der Waals surface area contributed by atoms with Crippen molar-refractivity contribution in [2.45, 2.75) is 19.9 Å². The molecule has 0 fully saturated rings. The van der Waals surface area contributed by atoms with Crippen LogP contribution in [0.4, 0.5) is 0 Å². The second-order valence-electron chi connectivity index (χ2n) is 7.13. The van der Waals surface area contributed by atoms with Gasteiger partial charge < -0.3 is 9.47 Å². The minimum atomic E-state index is -0.614. The molecule has 8 heteroatoms. The molecule has 0 saturated heterocycles. The van der Waals surface area contributed by atoms with Gasteiger partial charge in [-0.3, -0.25) is 9.36 Å². The molecule has 0 unspecified atom stereocenters. The van der Waals surface area contributed by atoms with E-state index in [1.54, 1.807) is 25.5 Å². The number of thiazole rings is 1. The predicted octanol–water partition coefficient (Wildman–Crippen LogP) is 3.57. The normalized spacial score (nSPS) is 15.9. The molecule has 1 aromatic heterocycles. The van der Waals surface area contributed by atoms with Crippen molar-refractivity contribution in [1.29, 1.82) is 0 Å². The zero-order valence-corrected chi connectivity index (χ0v) is 20.2. The lowest BCUT2D eigenvalue weighted by Crippen LogP contribution is -2.39. The highest BCUT2D eigenvalue weighted by atomic mass is 79.9. The molecule has 0 saturated carbocycles. The first-order valence-corrected chi connectivity index (χ1v) is 11.6. The molecule has 0 amide bonds. The fraction of sp³-hybridized carbons (Fsp3) is 0.208. The molecule has 0 bridgehead atoms. The van der Waals surface area contributed by atoms with Crippen LogP contribution in [0.5, 0.6) is 5.75 Å². The number of carbonyl (C=O) groups is 1. The van der Waals surface area contributed by atoms with E-state index >= 15 is 0 Å². The van der Waals surface area contributed by atoms with E-state index in [0.29, 0.717) is 20.6 Å². The van der Waals surface area contributed by atoms with Crippen molar-refractivity contribution < 1.29 is 14.3 Å². The highest BCUT2D eigenvalue weighted by Gasteiger charge is 2.33. The third kappa shape index (κ3) is 4.20. The summed E-state index contributed by atoms with van der Waals surface area (Å²) in [5, 5.41) is 0. The number of ether oxygens (including phenoxy) is 2. The van der Waals surface area contributed by atoms with Gasteiger partial charge in [0.1, 0.15) is 5.75 Å². The molecule has 6 nitrogen and oxygen atoms in total. The van der Waals surface area contributed by atoms with Crippen molar-refractivity contribution in [3.8, 4) is 5.75 Å². The van der Waals surface area contributed by atoms with Crippen LogP contribution in [0.3, 0.4) is 0 Å². The SMILES string of the molecule is CCOC(=O)C1=C(C)N=c2s/c(=C\c3ccc(OC)cc3)c(=O)n2[C@H]1c1ccc(Br)cc1. The highest BCUT2D eigenvalue weighted by molar-refractivity contribution is 9.10. The van der Waals surface area contributed by atoms with Gasteiger partial charge in [-0.05, 0) is 55.3 Å². The predicted molar refractivity (Wildman–Crippen MR) is 128 cm³/mol. The van der Waals surface area contributed by atoms with Crippen LogP contribution in [0.1, 0.15) is 31.0 Å². The first-order chi connectivity index (χ1) is 15.4. The average molecular weight is 513 g/mol. The summed E-state index contributed by atoms with van der Waals surface area (Å²) in [5.74, 6) is 0.277. The van der Waals surface area contributed by atoms with E-state index in [2.05, 4.69) is 20.9 Å². The van der Waals surface area contributed by atoms with Crippen LogP contribution in [0, 0.1) is 0 Å². The van der Waals surface area contributed by atoms with E-state index in [1.165, 1.54) is 11.3 Å². The van der Waals surface area contributed by atoms with Gasteiger partial charge in [-0.1, -0.05) is 51.5 Å². The van der Waals surface area contributed by atoms with Crippen molar-refractivity contribution in [3.05, 3.63) is 95.1 Å². The van der Waals surface area contributed by atoms with E-state index in [1.807, 2.05) is 54.6 Å². The van der Waals surface area contributed by atoms with Gasteiger partial charge in [-0.15, -0.1) is 0 Å². The summed E-state index contributed by atoms with van der Waals surface area (Å²) in [5.41, 5.74) is 2.40. The van der Waals surface area contributed by atoms with E-state index < -0.39 is 12.0 Å². The maximum Gasteiger partial charge on any atom is 0.338 e. The highest BCUT2D eigenvalue weighted by Crippen LogP contribution is 2.31. The van der Waals surface area contributed by atoms with Crippen LogP contribution in [0.25, 0.3) is 6.08 Å². The van der Waals surface area contributed by atoms with Crippen LogP contribution in [-0.4, -0.2) is 24.3 Å². The fourth-order valence-electron chi connectivity index (χ4n) is 3.60. The van der Waals surface area contributed by atoms with Gasteiger partial charge >= 0.3 is 5.97 Å². The Morgan fingerprint density at radius 2 is 1.88 bits per heavy atom. The molecule has 2 heterocycles. The molecule has 4 rings (SSSR count). The number of carbonyl (C=O) groups excluding carboxylic acids is 1.